The van der Waals surface area contributed by atoms with E-state index in [2.05, 4.69) is 48.8 Å². The van der Waals surface area contributed by atoms with E-state index >= 15 is 0 Å². The molecule has 0 aromatic heterocycles. The molecule has 0 radical (unpaired) electrons. The van der Waals surface area contributed by atoms with Crippen LogP contribution in [0.25, 0.3) is 0 Å². The molecule has 0 heterocycles. The first-order chi connectivity index (χ1) is 12.7. The Kier molecular flexibility index (Phi) is 13.6. The average molecular weight is 416 g/mol. The molecule has 2 unspecified atom stereocenters. The van der Waals surface area contributed by atoms with Gasteiger partial charge in [0.2, 0.25) is 11.8 Å². The van der Waals surface area contributed by atoms with E-state index in [1.807, 2.05) is 13.8 Å². The van der Waals surface area contributed by atoms with Gasteiger partial charge in [-0.15, -0.1) is 0 Å². The molecule has 0 aromatic carbocycles. The van der Waals surface area contributed by atoms with Crippen molar-refractivity contribution in [2.24, 2.45) is 17.3 Å². The molecule has 0 aliphatic heterocycles. The van der Waals surface area contributed by atoms with Crippen molar-refractivity contribution in [2.75, 3.05) is 0 Å². The molecule has 1 fully saturated rings. The molecule has 1 saturated carbocycles. The van der Waals surface area contributed by atoms with Gasteiger partial charge in [-0.25, -0.2) is 0 Å². The SMILES string of the molecule is CCCC(=O)NC1CC(NC(=O)CCC)CC(C(C)C)(C(C)C)C1.[CH3][Ti][CH3]. The van der Waals surface area contributed by atoms with Crippen molar-refractivity contribution >= 4 is 11.8 Å². The molecule has 1 aliphatic rings. The molecular formula is C22H44N2O2Ti. The van der Waals surface area contributed by atoms with E-state index in [1.54, 1.807) is 0 Å². The topological polar surface area (TPSA) is 58.2 Å². The molecule has 5 heteroatoms. The Bertz CT molecular complexity index is 400. The van der Waals surface area contributed by atoms with Crippen molar-refractivity contribution < 1.29 is 28.7 Å². The van der Waals surface area contributed by atoms with Crippen LogP contribution in [0.5, 0.6) is 0 Å². The predicted octanol–water partition coefficient (Wildman–Crippen LogP) is 5.20. The third kappa shape index (κ3) is 9.13. The fourth-order valence-electron chi connectivity index (χ4n) is 4.39. The molecule has 0 spiro atoms. The third-order valence-corrected chi connectivity index (χ3v) is 5.81. The molecule has 1 rings (SSSR count). The maximum absolute atomic E-state index is 12.1. The van der Waals surface area contributed by atoms with Crippen LogP contribution >= 0.6 is 0 Å². The van der Waals surface area contributed by atoms with E-state index < -0.39 is 0 Å². The first-order valence-electron chi connectivity index (χ1n) is 10.8. The summed E-state index contributed by atoms with van der Waals surface area (Å²) in [6, 6.07) is 0.323. The molecule has 0 aromatic rings. The summed E-state index contributed by atoms with van der Waals surface area (Å²) in [5.74, 6) is 1.33. The van der Waals surface area contributed by atoms with Crippen molar-refractivity contribution in [1.29, 1.82) is 0 Å². The number of carbonyl (C=O) groups is 2. The van der Waals surface area contributed by atoms with E-state index in [1.165, 1.54) is 0 Å². The standard InChI is InChI=1S/C20H38N2O2.2CH3.Ti/c1-7-9-18(23)21-16-11-17(22-19(24)10-8-2)13-20(12-16,14(3)4)15(5)6;;;/h14-17H,7-13H2,1-6H3,(H,21,23)(H,22,24);2*1H3;. The Balaban J connectivity index is 0.00000210. The number of hydrogen-bond acceptors (Lipinski definition) is 2. The fraction of sp³-hybridized carbons (Fsp3) is 0.909. The molecule has 27 heavy (non-hydrogen) atoms. The zero-order chi connectivity index (χ0) is 21.0. The van der Waals surface area contributed by atoms with Crippen LogP contribution in [0.15, 0.2) is 0 Å². The third-order valence-electron chi connectivity index (χ3n) is 5.81. The summed E-state index contributed by atoms with van der Waals surface area (Å²) in [5.41, 5.74) is 0.159. The normalized spacial score (nSPS) is 21.3. The zero-order valence-corrected chi connectivity index (χ0v) is 20.6. The summed E-state index contributed by atoms with van der Waals surface area (Å²) in [6.45, 7) is 13.2. The van der Waals surface area contributed by atoms with E-state index in [4.69, 9.17) is 0 Å². The van der Waals surface area contributed by atoms with Crippen LogP contribution in [0.3, 0.4) is 0 Å². The minimum atomic E-state index is 0.143. The van der Waals surface area contributed by atoms with E-state index in [0.29, 0.717) is 43.8 Å². The summed E-state index contributed by atoms with van der Waals surface area (Å²) in [6.07, 6.45) is 5.78. The number of hydrogen-bond donors (Lipinski definition) is 2. The number of carbonyl (C=O) groups excluding carboxylic acids is 2. The quantitative estimate of drug-likeness (QED) is 0.534. The minimum absolute atomic E-state index is 0.143. The van der Waals surface area contributed by atoms with Crippen LogP contribution in [0, 0.1) is 17.3 Å². The van der Waals surface area contributed by atoms with Gasteiger partial charge in [0.1, 0.15) is 0 Å². The Morgan fingerprint density at radius 3 is 1.48 bits per heavy atom. The van der Waals surface area contributed by atoms with Crippen molar-refractivity contribution in [2.45, 2.75) is 109 Å². The van der Waals surface area contributed by atoms with Crippen LogP contribution in [-0.4, -0.2) is 23.9 Å². The summed E-state index contributed by atoms with van der Waals surface area (Å²) in [7, 11) is 0. The van der Waals surface area contributed by atoms with E-state index in [-0.39, 0.29) is 29.3 Å². The van der Waals surface area contributed by atoms with Crippen molar-refractivity contribution in [3.8, 4) is 0 Å². The fourth-order valence-corrected chi connectivity index (χ4v) is 4.39. The van der Waals surface area contributed by atoms with Crippen molar-refractivity contribution in [3.05, 3.63) is 0 Å². The van der Waals surface area contributed by atoms with Crippen LogP contribution in [-0.2, 0) is 28.7 Å². The van der Waals surface area contributed by atoms with Gasteiger partial charge in [-0.3, -0.25) is 9.59 Å². The Morgan fingerprint density at radius 1 is 0.889 bits per heavy atom. The van der Waals surface area contributed by atoms with Crippen LogP contribution in [0.2, 0.25) is 10.5 Å². The molecule has 2 amide bonds. The first-order valence-corrected chi connectivity index (χ1v) is 14.0. The van der Waals surface area contributed by atoms with Crippen molar-refractivity contribution in [3.63, 3.8) is 0 Å². The molecule has 2 atom stereocenters. The van der Waals surface area contributed by atoms with Crippen LogP contribution in [0.4, 0.5) is 0 Å². The second-order valence-electron chi connectivity index (χ2n) is 8.72. The van der Waals surface area contributed by atoms with Gasteiger partial charge in [0.15, 0.2) is 0 Å². The first kappa shape index (κ1) is 26.7. The second-order valence-corrected chi connectivity index (χ2v) is 10.3. The summed E-state index contributed by atoms with van der Waals surface area (Å²) in [5, 5.41) is 11.0. The summed E-state index contributed by atoms with van der Waals surface area (Å²) < 4.78 is 0. The average Bonchev–Trinajstić information content (AvgIpc) is 2.55. The van der Waals surface area contributed by atoms with E-state index in [9.17, 15) is 9.59 Å². The van der Waals surface area contributed by atoms with Gasteiger partial charge in [0.25, 0.3) is 0 Å². The van der Waals surface area contributed by atoms with Gasteiger partial charge in [-0.2, -0.15) is 0 Å². The Labute approximate surface area is 177 Å². The van der Waals surface area contributed by atoms with Gasteiger partial charge < -0.3 is 10.6 Å². The van der Waals surface area contributed by atoms with Crippen LogP contribution < -0.4 is 10.6 Å². The van der Waals surface area contributed by atoms with Gasteiger partial charge in [0, 0.05) is 24.9 Å². The van der Waals surface area contributed by atoms with Crippen molar-refractivity contribution in [1.82, 2.24) is 10.6 Å². The molecule has 0 saturated heterocycles. The van der Waals surface area contributed by atoms with Gasteiger partial charge in [0.05, 0.1) is 0 Å². The molecular weight excluding hydrogens is 372 g/mol. The summed E-state index contributed by atoms with van der Waals surface area (Å²) >= 11 is 0.500. The van der Waals surface area contributed by atoms with Gasteiger partial charge >= 0.3 is 29.6 Å². The number of amides is 2. The zero-order valence-electron chi connectivity index (χ0n) is 19.1. The molecule has 4 nitrogen and oxygen atoms in total. The predicted molar refractivity (Wildman–Crippen MR) is 111 cm³/mol. The second kappa shape index (κ2) is 13.8. The molecule has 158 valence electrons. The molecule has 1 aliphatic carbocycles. The molecule has 2 N–H and O–H groups in total. The maximum atomic E-state index is 12.1. The summed E-state index contributed by atoms with van der Waals surface area (Å²) in [4.78, 5) is 24.2. The van der Waals surface area contributed by atoms with Gasteiger partial charge in [-0.05, 0) is 49.4 Å². The van der Waals surface area contributed by atoms with Crippen LogP contribution in [0.1, 0.15) is 86.5 Å². The van der Waals surface area contributed by atoms with E-state index in [0.717, 1.165) is 32.1 Å². The number of rotatable bonds is 8. The van der Waals surface area contributed by atoms with Gasteiger partial charge in [-0.1, -0.05) is 41.5 Å². The Hall–Kier alpha value is -0.346. The Morgan fingerprint density at radius 2 is 1.22 bits per heavy atom. The molecule has 0 bridgehead atoms. The monoisotopic (exact) mass is 416 g/mol. The number of nitrogens with one attached hydrogen (secondary N) is 2.